The Morgan fingerprint density at radius 2 is 2.25 bits per heavy atom. The minimum atomic E-state index is -3.77. The zero-order chi connectivity index (χ0) is 12.2. The van der Waals surface area contributed by atoms with Crippen molar-refractivity contribution >= 4 is 16.0 Å². The first kappa shape index (κ1) is 12.6. The van der Waals surface area contributed by atoms with Gasteiger partial charge in [0.15, 0.2) is 5.75 Å². The van der Waals surface area contributed by atoms with Gasteiger partial charge in [-0.1, -0.05) is 0 Å². The lowest BCUT2D eigenvalue weighted by atomic mass is 10.2. The Morgan fingerprint density at radius 3 is 2.81 bits per heavy atom. The summed E-state index contributed by atoms with van der Waals surface area (Å²) < 4.78 is 24.6. The Hall–Kier alpha value is -1.47. The van der Waals surface area contributed by atoms with Crippen LogP contribution < -0.4 is 4.72 Å². The summed E-state index contributed by atoms with van der Waals surface area (Å²) >= 11 is 0. The van der Waals surface area contributed by atoms with Gasteiger partial charge in [0.05, 0.1) is 0 Å². The number of nitrogens with one attached hydrogen (secondary N) is 1. The standard InChI is InChI=1S/C9H12N2O4S/c1-7-2-3-10-4-8(7)5-11-16(14,15)6-9(12)13/h2-4,11H,5-6H2,1H3,(H,12,13). The molecule has 0 aliphatic heterocycles. The molecule has 2 N–H and O–H groups in total. The summed E-state index contributed by atoms with van der Waals surface area (Å²) in [4.78, 5) is 14.1. The monoisotopic (exact) mass is 244 g/mol. The zero-order valence-corrected chi connectivity index (χ0v) is 9.49. The number of carboxylic acid groups (broad SMARTS) is 1. The SMILES string of the molecule is Cc1ccncc1CNS(=O)(=O)CC(=O)O. The lowest BCUT2D eigenvalue weighted by molar-refractivity contribution is -0.134. The van der Waals surface area contributed by atoms with E-state index in [-0.39, 0.29) is 6.54 Å². The summed E-state index contributed by atoms with van der Waals surface area (Å²) in [6.07, 6.45) is 3.14. The van der Waals surface area contributed by atoms with E-state index in [1.165, 1.54) is 0 Å². The predicted octanol–water partition coefficient (Wildman–Crippen LogP) is -0.106. The number of hydrogen-bond donors (Lipinski definition) is 2. The molecular formula is C9H12N2O4S. The van der Waals surface area contributed by atoms with Crippen LogP contribution in [0.15, 0.2) is 18.5 Å². The second-order valence-corrected chi connectivity index (χ2v) is 5.08. The van der Waals surface area contributed by atoms with E-state index in [1.807, 2.05) is 6.92 Å². The maximum Gasteiger partial charge on any atom is 0.320 e. The lowest BCUT2D eigenvalue weighted by Crippen LogP contribution is -2.29. The van der Waals surface area contributed by atoms with E-state index >= 15 is 0 Å². The van der Waals surface area contributed by atoms with Crippen LogP contribution in [-0.2, 0) is 21.4 Å². The van der Waals surface area contributed by atoms with Crippen LogP contribution in [0.5, 0.6) is 0 Å². The molecule has 0 radical (unpaired) electrons. The van der Waals surface area contributed by atoms with Crippen molar-refractivity contribution in [2.24, 2.45) is 0 Å². The number of carboxylic acids is 1. The van der Waals surface area contributed by atoms with Crippen molar-refractivity contribution in [1.29, 1.82) is 0 Å². The number of pyridine rings is 1. The molecule has 16 heavy (non-hydrogen) atoms. The quantitative estimate of drug-likeness (QED) is 0.753. The van der Waals surface area contributed by atoms with Gasteiger partial charge in [-0.05, 0) is 24.1 Å². The maximum atomic E-state index is 11.2. The van der Waals surface area contributed by atoms with E-state index in [1.54, 1.807) is 18.5 Å². The predicted molar refractivity (Wildman–Crippen MR) is 57.2 cm³/mol. The lowest BCUT2D eigenvalue weighted by Gasteiger charge is -2.06. The number of rotatable bonds is 5. The molecule has 1 aromatic rings. The smallest absolute Gasteiger partial charge is 0.320 e. The van der Waals surface area contributed by atoms with E-state index in [2.05, 4.69) is 9.71 Å². The molecule has 6 nitrogen and oxygen atoms in total. The van der Waals surface area contributed by atoms with Crippen LogP contribution in [-0.4, -0.2) is 30.2 Å². The molecule has 1 aromatic heterocycles. The van der Waals surface area contributed by atoms with Crippen LogP contribution in [0.4, 0.5) is 0 Å². The van der Waals surface area contributed by atoms with E-state index in [0.29, 0.717) is 0 Å². The molecule has 0 spiro atoms. The van der Waals surface area contributed by atoms with Crippen LogP contribution in [0.25, 0.3) is 0 Å². The van der Waals surface area contributed by atoms with Crippen LogP contribution in [0.1, 0.15) is 11.1 Å². The van der Waals surface area contributed by atoms with Gasteiger partial charge in [-0.15, -0.1) is 0 Å². The number of hydrogen-bond acceptors (Lipinski definition) is 4. The Bertz CT molecular complexity index is 484. The van der Waals surface area contributed by atoms with Crippen molar-refractivity contribution in [3.05, 3.63) is 29.6 Å². The molecule has 0 aromatic carbocycles. The summed E-state index contributed by atoms with van der Waals surface area (Å²) in [5, 5.41) is 8.37. The average Bonchev–Trinajstić information content (AvgIpc) is 2.14. The molecule has 0 bridgehead atoms. The average molecular weight is 244 g/mol. The van der Waals surface area contributed by atoms with Crippen molar-refractivity contribution in [1.82, 2.24) is 9.71 Å². The van der Waals surface area contributed by atoms with Gasteiger partial charge < -0.3 is 5.11 Å². The first-order valence-electron chi connectivity index (χ1n) is 4.49. The topological polar surface area (TPSA) is 96.4 Å². The normalized spacial score (nSPS) is 11.3. The molecule has 0 fully saturated rings. The fourth-order valence-electron chi connectivity index (χ4n) is 1.08. The number of nitrogens with zero attached hydrogens (tertiary/aromatic N) is 1. The van der Waals surface area contributed by atoms with Crippen molar-refractivity contribution in [3.63, 3.8) is 0 Å². The van der Waals surface area contributed by atoms with Crippen molar-refractivity contribution < 1.29 is 18.3 Å². The molecule has 7 heteroatoms. The highest BCUT2D eigenvalue weighted by Crippen LogP contribution is 2.04. The van der Waals surface area contributed by atoms with Crippen molar-refractivity contribution in [2.45, 2.75) is 13.5 Å². The number of carbonyl (C=O) groups is 1. The Balaban J connectivity index is 2.65. The van der Waals surface area contributed by atoms with Gasteiger partial charge in [0.25, 0.3) is 0 Å². The van der Waals surface area contributed by atoms with Gasteiger partial charge in [-0.2, -0.15) is 0 Å². The van der Waals surface area contributed by atoms with Gasteiger partial charge in [-0.25, -0.2) is 13.1 Å². The maximum absolute atomic E-state index is 11.2. The molecule has 0 saturated carbocycles. The fourth-order valence-corrected chi connectivity index (χ4v) is 1.89. The first-order valence-corrected chi connectivity index (χ1v) is 6.14. The van der Waals surface area contributed by atoms with Gasteiger partial charge in [0, 0.05) is 18.9 Å². The van der Waals surface area contributed by atoms with Gasteiger partial charge in [0.2, 0.25) is 10.0 Å². The third kappa shape index (κ3) is 3.95. The molecule has 0 aliphatic carbocycles. The minimum absolute atomic E-state index is 0.0509. The first-order chi connectivity index (χ1) is 7.41. The van der Waals surface area contributed by atoms with Crippen LogP contribution >= 0.6 is 0 Å². The highest BCUT2D eigenvalue weighted by Gasteiger charge is 2.15. The largest absolute Gasteiger partial charge is 0.480 e. The summed E-state index contributed by atoms with van der Waals surface area (Å²) in [5.41, 5.74) is 1.62. The molecule has 0 amide bonds. The molecule has 0 atom stereocenters. The Kier molecular flexibility index (Phi) is 3.97. The van der Waals surface area contributed by atoms with Gasteiger partial charge >= 0.3 is 5.97 Å². The second kappa shape index (κ2) is 5.04. The number of aromatic nitrogens is 1. The fraction of sp³-hybridized carbons (Fsp3) is 0.333. The second-order valence-electron chi connectivity index (χ2n) is 3.28. The molecule has 88 valence electrons. The Morgan fingerprint density at radius 1 is 1.56 bits per heavy atom. The third-order valence-electron chi connectivity index (χ3n) is 1.94. The number of aryl methyl sites for hydroxylation is 1. The summed E-state index contributed by atoms with van der Waals surface area (Å²) in [6, 6.07) is 1.75. The highest BCUT2D eigenvalue weighted by atomic mass is 32.2. The zero-order valence-electron chi connectivity index (χ0n) is 8.67. The minimum Gasteiger partial charge on any atom is -0.480 e. The van der Waals surface area contributed by atoms with E-state index in [0.717, 1.165) is 11.1 Å². The molecule has 0 unspecified atom stereocenters. The van der Waals surface area contributed by atoms with Crippen LogP contribution in [0.2, 0.25) is 0 Å². The molecule has 0 aliphatic rings. The van der Waals surface area contributed by atoms with Gasteiger partial charge in [0.1, 0.15) is 0 Å². The highest BCUT2D eigenvalue weighted by molar-refractivity contribution is 7.90. The van der Waals surface area contributed by atoms with Gasteiger partial charge in [-0.3, -0.25) is 9.78 Å². The molecule has 1 rings (SSSR count). The molecule has 1 heterocycles. The summed E-state index contributed by atoms with van der Waals surface area (Å²) in [5.74, 6) is -2.30. The Labute approximate surface area is 93.4 Å². The number of sulfonamides is 1. The van der Waals surface area contributed by atoms with Crippen LogP contribution in [0, 0.1) is 6.92 Å². The van der Waals surface area contributed by atoms with E-state index in [4.69, 9.17) is 5.11 Å². The summed E-state index contributed by atoms with van der Waals surface area (Å²) in [6.45, 7) is 1.87. The number of aliphatic carboxylic acids is 1. The summed E-state index contributed by atoms with van der Waals surface area (Å²) in [7, 11) is -3.77. The molecular weight excluding hydrogens is 232 g/mol. The third-order valence-corrected chi connectivity index (χ3v) is 3.15. The van der Waals surface area contributed by atoms with Crippen molar-refractivity contribution in [2.75, 3.05) is 5.75 Å². The molecule has 0 saturated heterocycles. The van der Waals surface area contributed by atoms with Crippen molar-refractivity contribution in [3.8, 4) is 0 Å². The van der Waals surface area contributed by atoms with E-state index < -0.39 is 21.7 Å². The van der Waals surface area contributed by atoms with Crippen LogP contribution in [0.3, 0.4) is 0 Å². The van der Waals surface area contributed by atoms with E-state index in [9.17, 15) is 13.2 Å².